The molecule has 0 saturated heterocycles. The van der Waals surface area contributed by atoms with Crippen LogP contribution in [0.25, 0.3) is 0 Å². The molecule has 1 aliphatic rings. The standard InChI is InChI=1S/C11H19N3S/c1-8(7-12)14(2)11-13-9-5-3-4-6-10(9)15-11/h8H,3-7,12H2,1-2H3. The van der Waals surface area contributed by atoms with Gasteiger partial charge in [0.1, 0.15) is 0 Å². The second kappa shape index (κ2) is 4.49. The van der Waals surface area contributed by atoms with E-state index in [1.165, 1.54) is 29.8 Å². The molecule has 0 bridgehead atoms. The molecule has 1 heterocycles. The van der Waals surface area contributed by atoms with Crippen molar-refractivity contribution in [3.8, 4) is 0 Å². The molecule has 1 unspecified atom stereocenters. The Morgan fingerprint density at radius 3 is 2.87 bits per heavy atom. The third-order valence-corrected chi connectivity index (χ3v) is 4.39. The number of likely N-dealkylation sites (N-methyl/N-ethyl adjacent to an activating group) is 1. The summed E-state index contributed by atoms with van der Waals surface area (Å²) in [7, 11) is 2.09. The Morgan fingerprint density at radius 1 is 1.47 bits per heavy atom. The number of hydrogen-bond donors (Lipinski definition) is 1. The number of anilines is 1. The normalized spacial score (nSPS) is 17.3. The van der Waals surface area contributed by atoms with Crippen LogP contribution in [0.5, 0.6) is 0 Å². The van der Waals surface area contributed by atoms with Crippen molar-refractivity contribution in [1.82, 2.24) is 4.98 Å². The number of hydrogen-bond acceptors (Lipinski definition) is 4. The minimum Gasteiger partial charge on any atom is -0.347 e. The average molecular weight is 225 g/mol. The van der Waals surface area contributed by atoms with Crippen LogP contribution in [-0.4, -0.2) is 24.6 Å². The SMILES string of the molecule is CC(CN)N(C)c1nc2c(s1)CCCC2. The van der Waals surface area contributed by atoms with Crippen LogP contribution < -0.4 is 10.6 Å². The molecule has 0 radical (unpaired) electrons. The highest BCUT2D eigenvalue weighted by molar-refractivity contribution is 7.15. The second-order valence-electron chi connectivity index (χ2n) is 4.27. The van der Waals surface area contributed by atoms with E-state index in [2.05, 4.69) is 18.9 Å². The van der Waals surface area contributed by atoms with Crippen molar-refractivity contribution in [2.75, 3.05) is 18.5 Å². The maximum absolute atomic E-state index is 5.67. The minimum absolute atomic E-state index is 0.373. The van der Waals surface area contributed by atoms with Crippen molar-refractivity contribution >= 4 is 16.5 Å². The molecule has 0 spiro atoms. The fourth-order valence-electron chi connectivity index (χ4n) is 1.84. The molecule has 4 heteroatoms. The fourth-order valence-corrected chi connectivity index (χ4v) is 3.05. The Bertz CT molecular complexity index is 311. The zero-order valence-corrected chi connectivity index (χ0v) is 10.3. The summed E-state index contributed by atoms with van der Waals surface area (Å²) in [6.07, 6.45) is 5.01. The maximum Gasteiger partial charge on any atom is 0.185 e. The number of nitrogens with two attached hydrogens (primary N) is 1. The zero-order chi connectivity index (χ0) is 10.8. The first kappa shape index (κ1) is 10.9. The Balaban J connectivity index is 2.18. The fraction of sp³-hybridized carbons (Fsp3) is 0.727. The first-order valence-electron chi connectivity index (χ1n) is 5.64. The monoisotopic (exact) mass is 225 g/mol. The third-order valence-electron chi connectivity index (χ3n) is 3.14. The van der Waals surface area contributed by atoms with Gasteiger partial charge in [0, 0.05) is 24.5 Å². The van der Waals surface area contributed by atoms with Crippen molar-refractivity contribution in [2.24, 2.45) is 5.73 Å². The van der Waals surface area contributed by atoms with Crippen LogP contribution in [0.15, 0.2) is 0 Å². The summed E-state index contributed by atoms with van der Waals surface area (Å²) in [5.41, 5.74) is 7.00. The predicted molar refractivity (Wildman–Crippen MR) is 65.7 cm³/mol. The molecule has 84 valence electrons. The van der Waals surface area contributed by atoms with Gasteiger partial charge in [-0.05, 0) is 32.6 Å². The van der Waals surface area contributed by atoms with E-state index >= 15 is 0 Å². The van der Waals surface area contributed by atoms with Crippen LogP contribution in [-0.2, 0) is 12.8 Å². The van der Waals surface area contributed by atoms with E-state index in [0.29, 0.717) is 12.6 Å². The average Bonchev–Trinajstić information content (AvgIpc) is 2.70. The summed E-state index contributed by atoms with van der Waals surface area (Å²) >= 11 is 1.85. The summed E-state index contributed by atoms with van der Waals surface area (Å²) < 4.78 is 0. The summed E-state index contributed by atoms with van der Waals surface area (Å²) in [5.74, 6) is 0. The Hall–Kier alpha value is -0.610. The van der Waals surface area contributed by atoms with Crippen LogP contribution >= 0.6 is 11.3 Å². The number of fused-ring (bicyclic) bond motifs is 1. The smallest absolute Gasteiger partial charge is 0.185 e. The lowest BCUT2D eigenvalue weighted by Crippen LogP contribution is -2.35. The van der Waals surface area contributed by atoms with Crippen LogP contribution in [0.3, 0.4) is 0 Å². The highest BCUT2D eigenvalue weighted by Gasteiger charge is 2.18. The second-order valence-corrected chi connectivity index (χ2v) is 5.33. The molecule has 0 fully saturated rings. The molecule has 2 N–H and O–H groups in total. The molecule has 0 saturated carbocycles. The van der Waals surface area contributed by atoms with Gasteiger partial charge >= 0.3 is 0 Å². The molecule has 2 rings (SSSR count). The molecule has 3 nitrogen and oxygen atoms in total. The van der Waals surface area contributed by atoms with Crippen LogP contribution in [0.4, 0.5) is 5.13 Å². The van der Waals surface area contributed by atoms with Gasteiger partial charge < -0.3 is 10.6 Å². The third kappa shape index (κ3) is 2.16. The molecular weight excluding hydrogens is 206 g/mol. The predicted octanol–water partition coefficient (Wildman–Crippen LogP) is 1.81. The van der Waals surface area contributed by atoms with Gasteiger partial charge in [0.25, 0.3) is 0 Å². The van der Waals surface area contributed by atoms with Crippen molar-refractivity contribution in [1.29, 1.82) is 0 Å². The van der Waals surface area contributed by atoms with E-state index in [0.717, 1.165) is 11.6 Å². The van der Waals surface area contributed by atoms with Crippen LogP contribution in [0.2, 0.25) is 0 Å². The summed E-state index contributed by atoms with van der Waals surface area (Å²) in [6.45, 7) is 2.82. The molecule has 1 aromatic heterocycles. The van der Waals surface area contributed by atoms with Gasteiger partial charge in [-0.1, -0.05) is 0 Å². The number of rotatable bonds is 3. The molecule has 0 aliphatic heterocycles. The van der Waals surface area contributed by atoms with E-state index in [1.807, 2.05) is 11.3 Å². The van der Waals surface area contributed by atoms with Gasteiger partial charge in [-0.25, -0.2) is 4.98 Å². The molecule has 1 aliphatic carbocycles. The van der Waals surface area contributed by atoms with Gasteiger partial charge in [-0.15, -0.1) is 11.3 Å². The van der Waals surface area contributed by atoms with Gasteiger partial charge in [0.05, 0.1) is 5.69 Å². The molecule has 1 atom stereocenters. The number of thiazole rings is 1. The first-order valence-corrected chi connectivity index (χ1v) is 6.45. The highest BCUT2D eigenvalue weighted by atomic mass is 32.1. The van der Waals surface area contributed by atoms with Gasteiger partial charge in [-0.2, -0.15) is 0 Å². The van der Waals surface area contributed by atoms with Crippen LogP contribution in [0, 0.1) is 0 Å². The zero-order valence-electron chi connectivity index (χ0n) is 9.49. The maximum atomic E-state index is 5.67. The van der Waals surface area contributed by atoms with Crippen LogP contribution in [0.1, 0.15) is 30.3 Å². The van der Waals surface area contributed by atoms with Crippen molar-refractivity contribution in [3.05, 3.63) is 10.6 Å². The van der Waals surface area contributed by atoms with Crippen molar-refractivity contribution < 1.29 is 0 Å². The molecule has 0 aromatic carbocycles. The summed E-state index contributed by atoms with van der Waals surface area (Å²) in [5, 5.41) is 1.14. The molecule has 0 amide bonds. The van der Waals surface area contributed by atoms with E-state index in [9.17, 15) is 0 Å². The quantitative estimate of drug-likeness (QED) is 0.853. The topological polar surface area (TPSA) is 42.1 Å². The van der Waals surface area contributed by atoms with Crippen molar-refractivity contribution in [2.45, 2.75) is 38.6 Å². The van der Waals surface area contributed by atoms with Gasteiger partial charge in [-0.3, -0.25) is 0 Å². The van der Waals surface area contributed by atoms with E-state index in [1.54, 1.807) is 0 Å². The molecule has 1 aromatic rings. The number of nitrogens with zero attached hydrogens (tertiary/aromatic N) is 2. The van der Waals surface area contributed by atoms with E-state index < -0.39 is 0 Å². The van der Waals surface area contributed by atoms with E-state index in [-0.39, 0.29) is 0 Å². The lowest BCUT2D eigenvalue weighted by atomic mass is 10.0. The summed E-state index contributed by atoms with van der Waals surface area (Å²) in [6, 6.07) is 0.373. The Kier molecular flexibility index (Phi) is 3.26. The minimum atomic E-state index is 0.373. The van der Waals surface area contributed by atoms with Gasteiger partial charge in [0.15, 0.2) is 5.13 Å². The first-order chi connectivity index (χ1) is 7.22. The highest BCUT2D eigenvalue weighted by Crippen LogP contribution is 2.31. The molecule has 15 heavy (non-hydrogen) atoms. The lowest BCUT2D eigenvalue weighted by Gasteiger charge is -2.22. The lowest BCUT2D eigenvalue weighted by molar-refractivity contribution is 0.673. The Morgan fingerprint density at radius 2 is 2.20 bits per heavy atom. The van der Waals surface area contributed by atoms with E-state index in [4.69, 9.17) is 10.7 Å². The summed E-state index contributed by atoms with van der Waals surface area (Å²) in [4.78, 5) is 8.40. The van der Waals surface area contributed by atoms with Crippen molar-refractivity contribution in [3.63, 3.8) is 0 Å². The largest absolute Gasteiger partial charge is 0.347 e. The van der Waals surface area contributed by atoms with Gasteiger partial charge in [0.2, 0.25) is 0 Å². The number of aromatic nitrogens is 1. The number of aryl methyl sites for hydroxylation is 2. The Labute approximate surface area is 95.3 Å². The molecular formula is C11H19N3S.